The Hall–Kier alpha value is -0.870. The normalized spacial score (nSPS) is 18.5. The van der Waals surface area contributed by atoms with E-state index in [-0.39, 0.29) is 6.04 Å². The Morgan fingerprint density at radius 1 is 0.950 bits per heavy atom. The Morgan fingerprint density at radius 2 is 1.55 bits per heavy atom. The zero-order valence-corrected chi connectivity index (χ0v) is 13.3. The summed E-state index contributed by atoms with van der Waals surface area (Å²) in [4.78, 5) is 0.391. The van der Waals surface area contributed by atoms with Gasteiger partial charge in [0.2, 0.25) is 10.0 Å². The van der Waals surface area contributed by atoms with Crippen molar-refractivity contribution < 1.29 is 8.42 Å². The SMILES string of the molecule is Cc1ccc(S(=O)(=O)NC2CCCCCCC2)cc1C. The molecular weight excluding hydrogens is 270 g/mol. The summed E-state index contributed by atoms with van der Waals surface area (Å²) in [6.07, 6.45) is 7.91. The van der Waals surface area contributed by atoms with Gasteiger partial charge in [-0.2, -0.15) is 0 Å². The average molecular weight is 295 g/mol. The van der Waals surface area contributed by atoms with E-state index in [2.05, 4.69) is 4.72 Å². The van der Waals surface area contributed by atoms with Crippen molar-refractivity contribution in [3.63, 3.8) is 0 Å². The summed E-state index contributed by atoms with van der Waals surface area (Å²) >= 11 is 0. The number of hydrogen-bond donors (Lipinski definition) is 1. The molecule has 1 fully saturated rings. The summed E-state index contributed by atoms with van der Waals surface area (Å²) in [5.74, 6) is 0. The summed E-state index contributed by atoms with van der Waals surface area (Å²) in [5.41, 5.74) is 2.14. The van der Waals surface area contributed by atoms with Crippen molar-refractivity contribution >= 4 is 10.0 Å². The van der Waals surface area contributed by atoms with Crippen LogP contribution in [-0.4, -0.2) is 14.5 Å². The van der Waals surface area contributed by atoms with E-state index in [9.17, 15) is 8.42 Å². The highest BCUT2D eigenvalue weighted by Crippen LogP contribution is 2.20. The maximum atomic E-state index is 12.5. The molecular formula is C16H25NO2S. The minimum atomic E-state index is -3.38. The average Bonchev–Trinajstić information content (AvgIpc) is 2.35. The first kappa shape index (κ1) is 15.5. The number of hydrogen-bond acceptors (Lipinski definition) is 2. The molecule has 1 saturated carbocycles. The highest BCUT2D eigenvalue weighted by Gasteiger charge is 2.20. The highest BCUT2D eigenvalue weighted by molar-refractivity contribution is 7.89. The highest BCUT2D eigenvalue weighted by atomic mass is 32.2. The Morgan fingerprint density at radius 3 is 2.15 bits per heavy atom. The van der Waals surface area contributed by atoms with Gasteiger partial charge in [-0.25, -0.2) is 13.1 Å². The molecule has 3 nitrogen and oxygen atoms in total. The molecule has 0 amide bonds. The Bertz CT molecular complexity index is 544. The van der Waals surface area contributed by atoms with Gasteiger partial charge < -0.3 is 0 Å². The van der Waals surface area contributed by atoms with Crippen LogP contribution in [0.2, 0.25) is 0 Å². The molecule has 112 valence electrons. The third kappa shape index (κ3) is 4.06. The molecule has 1 aromatic rings. The summed E-state index contributed by atoms with van der Waals surface area (Å²) in [6.45, 7) is 3.94. The topological polar surface area (TPSA) is 46.2 Å². The van der Waals surface area contributed by atoms with Crippen LogP contribution in [0.3, 0.4) is 0 Å². The fraction of sp³-hybridized carbons (Fsp3) is 0.625. The van der Waals surface area contributed by atoms with Gasteiger partial charge in [0.15, 0.2) is 0 Å². The molecule has 0 heterocycles. The van der Waals surface area contributed by atoms with E-state index in [4.69, 9.17) is 0 Å². The van der Waals surface area contributed by atoms with Gasteiger partial charge in [-0.3, -0.25) is 0 Å². The lowest BCUT2D eigenvalue weighted by Gasteiger charge is -2.21. The number of nitrogens with one attached hydrogen (secondary N) is 1. The maximum absolute atomic E-state index is 12.5. The summed E-state index contributed by atoms with van der Waals surface area (Å²) in [6, 6.07) is 5.44. The van der Waals surface area contributed by atoms with Crippen LogP contribution in [0, 0.1) is 13.8 Å². The van der Waals surface area contributed by atoms with Crippen LogP contribution in [-0.2, 0) is 10.0 Å². The molecule has 1 aliphatic rings. The number of rotatable bonds is 3. The molecule has 1 aliphatic carbocycles. The van der Waals surface area contributed by atoms with Crippen molar-refractivity contribution in [2.75, 3.05) is 0 Å². The fourth-order valence-electron chi connectivity index (χ4n) is 2.74. The van der Waals surface area contributed by atoms with E-state index in [0.29, 0.717) is 4.90 Å². The molecule has 20 heavy (non-hydrogen) atoms. The zero-order chi connectivity index (χ0) is 14.6. The van der Waals surface area contributed by atoms with E-state index in [1.165, 1.54) is 19.3 Å². The standard InChI is InChI=1S/C16H25NO2S/c1-13-10-11-16(12-14(13)2)20(18,19)17-15-8-6-4-3-5-7-9-15/h10-12,15,17H,3-9H2,1-2H3. The second kappa shape index (κ2) is 6.72. The predicted molar refractivity (Wildman–Crippen MR) is 82.3 cm³/mol. The first-order chi connectivity index (χ1) is 9.49. The second-order valence-corrected chi connectivity index (χ2v) is 7.62. The van der Waals surface area contributed by atoms with Gasteiger partial charge in [0.05, 0.1) is 4.90 Å². The van der Waals surface area contributed by atoms with Gasteiger partial charge in [0.25, 0.3) is 0 Å². The largest absolute Gasteiger partial charge is 0.240 e. The molecule has 2 rings (SSSR count). The molecule has 4 heteroatoms. The Kier molecular flexibility index (Phi) is 5.22. The first-order valence-corrected chi connectivity index (χ1v) is 9.07. The number of aryl methyl sites for hydroxylation is 2. The van der Waals surface area contributed by atoms with Gasteiger partial charge >= 0.3 is 0 Å². The Balaban J connectivity index is 2.10. The van der Waals surface area contributed by atoms with Crippen LogP contribution in [0.25, 0.3) is 0 Å². The van der Waals surface area contributed by atoms with E-state index in [1.807, 2.05) is 19.9 Å². The molecule has 0 unspecified atom stereocenters. The molecule has 0 spiro atoms. The number of sulfonamides is 1. The molecule has 0 bridgehead atoms. The van der Waals surface area contributed by atoms with Crippen molar-refractivity contribution in [1.29, 1.82) is 0 Å². The van der Waals surface area contributed by atoms with Crippen LogP contribution in [0.1, 0.15) is 56.1 Å². The van der Waals surface area contributed by atoms with Crippen molar-refractivity contribution in [1.82, 2.24) is 4.72 Å². The van der Waals surface area contributed by atoms with Gasteiger partial charge in [0, 0.05) is 6.04 Å². The molecule has 0 aromatic heterocycles. The van der Waals surface area contributed by atoms with Crippen molar-refractivity contribution in [2.45, 2.75) is 69.7 Å². The lowest BCUT2D eigenvalue weighted by molar-refractivity contribution is 0.426. The molecule has 0 radical (unpaired) electrons. The summed E-state index contributed by atoms with van der Waals surface area (Å²) < 4.78 is 27.8. The van der Waals surface area contributed by atoms with Crippen molar-refractivity contribution in [3.8, 4) is 0 Å². The zero-order valence-electron chi connectivity index (χ0n) is 12.5. The molecule has 0 saturated heterocycles. The van der Waals surface area contributed by atoms with Crippen LogP contribution < -0.4 is 4.72 Å². The molecule has 1 aromatic carbocycles. The first-order valence-electron chi connectivity index (χ1n) is 7.58. The molecule has 1 N–H and O–H groups in total. The fourth-order valence-corrected chi connectivity index (χ4v) is 4.13. The van der Waals surface area contributed by atoms with Crippen LogP contribution in [0.4, 0.5) is 0 Å². The van der Waals surface area contributed by atoms with Crippen molar-refractivity contribution in [3.05, 3.63) is 29.3 Å². The van der Waals surface area contributed by atoms with Gasteiger partial charge in [0.1, 0.15) is 0 Å². The van der Waals surface area contributed by atoms with E-state index in [1.54, 1.807) is 12.1 Å². The van der Waals surface area contributed by atoms with E-state index < -0.39 is 10.0 Å². The quantitative estimate of drug-likeness (QED) is 0.924. The summed E-state index contributed by atoms with van der Waals surface area (Å²) in [5, 5.41) is 0. The van der Waals surface area contributed by atoms with Gasteiger partial charge in [-0.1, -0.05) is 38.2 Å². The monoisotopic (exact) mass is 295 g/mol. The van der Waals surface area contributed by atoms with E-state index >= 15 is 0 Å². The predicted octanol–water partition coefficient (Wildman–Crippen LogP) is 3.69. The minimum Gasteiger partial charge on any atom is -0.208 e. The third-order valence-electron chi connectivity index (χ3n) is 4.22. The maximum Gasteiger partial charge on any atom is 0.240 e. The summed E-state index contributed by atoms with van der Waals surface area (Å²) in [7, 11) is -3.38. The van der Waals surface area contributed by atoms with Crippen molar-refractivity contribution in [2.24, 2.45) is 0 Å². The number of benzene rings is 1. The minimum absolute atomic E-state index is 0.0990. The smallest absolute Gasteiger partial charge is 0.208 e. The Labute approximate surface area is 122 Å². The lowest BCUT2D eigenvalue weighted by atomic mass is 9.97. The van der Waals surface area contributed by atoms with E-state index in [0.717, 1.165) is 36.8 Å². The molecule has 0 atom stereocenters. The van der Waals surface area contributed by atoms with Crippen LogP contribution in [0.5, 0.6) is 0 Å². The second-order valence-electron chi connectivity index (χ2n) is 5.91. The van der Waals surface area contributed by atoms with Gasteiger partial charge in [-0.05, 0) is 49.9 Å². The van der Waals surface area contributed by atoms with Crippen LogP contribution in [0.15, 0.2) is 23.1 Å². The lowest BCUT2D eigenvalue weighted by Crippen LogP contribution is -2.35. The van der Waals surface area contributed by atoms with Crippen LogP contribution >= 0.6 is 0 Å². The van der Waals surface area contributed by atoms with Gasteiger partial charge in [-0.15, -0.1) is 0 Å². The third-order valence-corrected chi connectivity index (χ3v) is 5.73. The molecule has 0 aliphatic heterocycles.